The predicted molar refractivity (Wildman–Crippen MR) is 74.7 cm³/mol. The summed E-state index contributed by atoms with van der Waals surface area (Å²) < 4.78 is 31.7. The number of hydrogen-bond donors (Lipinski definition) is 2. The van der Waals surface area contributed by atoms with E-state index in [0.29, 0.717) is 19.7 Å². The van der Waals surface area contributed by atoms with Gasteiger partial charge in [-0.05, 0) is 30.2 Å². The first-order valence-corrected chi connectivity index (χ1v) is 7.95. The van der Waals surface area contributed by atoms with Gasteiger partial charge < -0.3 is 15.6 Å². The average molecular weight is 300 g/mol. The van der Waals surface area contributed by atoms with E-state index in [-0.39, 0.29) is 18.0 Å². The minimum atomic E-state index is -3.55. The van der Waals surface area contributed by atoms with E-state index in [2.05, 4.69) is 0 Å². The highest BCUT2D eigenvalue weighted by molar-refractivity contribution is 7.89. The monoisotopic (exact) mass is 300 g/mol. The van der Waals surface area contributed by atoms with E-state index in [0.717, 1.165) is 11.1 Å². The van der Waals surface area contributed by atoms with Crippen LogP contribution in [0.3, 0.4) is 0 Å². The molecule has 1 aromatic rings. The standard InChI is InChI=1S/C13H20N2O4S/c1-10-6-13(3-2-11(10)7-14)20(17,18)15-4-5-19-12(8-15)9-16/h2-3,6,12,16H,4-5,7-9,14H2,1H3. The van der Waals surface area contributed by atoms with Crippen LogP contribution in [0.25, 0.3) is 0 Å². The number of morpholine rings is 1. The normalized spacial score (nSPS) is 21.1. The average Bonchev–Trinajstić information content (AvgIpc) is 2.47. The molecule has 1 fully saturated rings. The lowest BCUT2D eigenvalue weighted by molar-refractivity contribution is -0.0304. The highest BCUT2D eigenvalue weighted by Crippen LogP contribution is 2.21. The van der Waals surface area contributed by atoms with Crippen molar-refractivity contribution in [3.05, 3.63) is 29.3 Å². The molecule has 112 valence electrons. The number of aliphatic hydroxyl groups excluding tert-OH is 1. The van der Waals surface area contributed by atoms with E-state index in [1.807, 2.05) is 6.92 Å². The second-order valence-corrected chi connectivity index (χ2v) is 6.77. The van der Waals surface area contributed by atoms with Gasteiger partial charge in [-0.15, -0.1) is 0 Å². The zero-order chi connectivity index (χ0) is 14.8. The quantitative estimate of drug-likeness (QED) is 0.806. The summed E-state index contributed by atoms with van der Waals surface area (Å²) in [5, 5.41) is 9.10. The third-order valence-corrected chi connectivity index (χ3v) is 5.34. The van der Waals surface area contributed by atoms with Crippen LogP contribution in [-0.2, 0) is 21.3 Å². The molecule has 7 heteroatoms. The summed E-state index contributed by atoms with van der Waals surface area (Å²) in [6.45, 7) is 2.82. The van der Waals surface area contributed by atoms with Crippen molar-refractivity contribution in [3.63, 3.8) is 0 Å². The second kappa shape index (κ2) is 6.19. The van der Waals surface area contributed by atoms with Gasteiger partial charge in [0.1, 0.15) is 0 Å². The fourth-order valence-corrected chi connectivity index (χ4v) is 3.77. The van der Waals surface area contributed by atoms with E-state index in [1.54, 1.807) is 18.2 Å². The van der Waals surface area contributed by atoms with Crippen LogP contribution < -0.4 is 5.73 Å². The lowest BCUT2D eigenvalue weighted by Gasteiger charge is -2.31. The van der Waals surface area contributed by atoms with Crippen LogP contribution in [0.1, 0.15) is 11.1 Å². The van der Waals surface area contributed by atoms with Crippen molar-refractivity contribution in [3.8, 4) is 0 Å². The van der Waals surface area contributed by atoms with Crippen molar-refractivity contribution < 1.29 is 18.3 Å². The smallest absolute Gasteiger partial charge is 0.243 e. The highest BCUT2D eigenvalue weighted by atomic mass is 32.2. The van der Waals surface area contributed by atoms with Gasteiger partial charge in [0, 0.05) is 19.6 Å². The Morgan fingerprint density at radius 1 is 1.50 bits per heavy atom. The summed E-state index contributed by atoms with van der Waals surface area (Å²) in [6, 6.07) is 4.96. The van der Waals surface area contributed by atoms with E-state index >= 15 is 0 Å². The Bertz CT molecular complexity index is 574. The van der Waals surface area contributed by atoms with Gasteiger partial charge in [0.25, 0.3) is 0 Å². The molecule has 1 aliphatic heterocycles. The molecule has 1 heterocycles. The molecule has 3 N–H and O–H groups in total. The topological polar surface area (TPSA) is 92.9 Å². The number of rotatable bonds is 4. The Kier molecular flexibility index (Phi) is 4.77. The second-order valence-electron chi connectivity index (χ2n) is 4.83. The molecule has 1 unspecified atom stereocenters. The first-order valence-electron chi connectivity index (χ1n) is 6.51. The predicted octanol–water partition coefficient (Wildman–Crippen LogP) is -0.164. The largest absolute Gasteiger partial charge is 0.394 e. The molecular formula is C13H20N2O4S. The first-order chi connectivity index (χ1) is 9.48. The zero-order valence-corrected chi connectivity index (χ0v) is 12.3. The minimum Gasteiger partial charge on any atom is -0.394 e. The fraction of sp³-hybridized carbons (Fsp3) is 0.538. The van der Waals surface area contributed by atoms with Crippen LogP contribution >= 0.6 is 0 Å². The van der Waals surface area contributed by atoms with Gasteiger partial charge in [-0.25, -0.2) is 8.42 Å². The lowest BCUT2D eigenvalue weighted by Crippen LogP contribution is -2.46. The molecule has 1 atom stereocenters. The Balaban J connectivity index is 2.28. The van der Waals surface area contributed by atoms with Crippen LogP contribution in [0.4, 0.5) is 0 Å². The van der Waals surface area contributed by atoms with Gasteiger partial charge in [-0.1, -0.05) is 6.07 Å². The Morgan fingerprint density at radius 2 is 2.25 bits per heavy atom. The van der Waals surface area contributed by atoms with Gasteiger partial charge in [0.2, 0.25) is 10.0 Å². The van der Waals surface area contributed by atoms with Crippen molar-refractivity contribution in [1.29, 1.82) is 0 Å². The molecule has 1 aliphatic rings. The Labute approximate surface area is 119 Å². The van der Waals surface area contributed by atoms with Gasteiger partial charge in [-0.3, -0.25) is 0 Å². The Morgan fingerprint density at radius 3 is 2.85 bits per heavy atom. The SMILES string of the molecule is Cc1cc(S(=O)(=O)N2CCOC(CO)C2)ccc1CN. The lowest BCUT2D eigenvalue weighted by atomic mass is 10.1. The van der Waals surface area contributed by atoms with Gasteiger partial charge in [0.05, 0.1) is 24.2 Å². The van der Waals surface area contributed by atoms with Crippen molar-refractivity contribution >= 4 is 10.0 Å². The van der Waals surface area contributed by atoms with Crippen molar-refractivity contribution in [2.45, 2.75) is 24.5 Å². The molecule has 0 spiro atoms. The first kappa shape index (κ1) is 15.4. The number of aryl methyl sites for hydroxylation is 1. The summed E-state index contributed by atoms with van der Waals surface area (Å²) in [5.41, 5.74) is 7.38. The molecule has 2 rings (SSSR count). The fourth-order valence-electron chi connectivity index (χ4n) is 2.23. The summed E-state index contributed by atoms with van der Waals surface area (Å²) in [4.78, 5) is 0.255. The number of nitrogens with zero attached hydrogens (tertiary/aromatic N) is 1. The molecule has 1 aromatic carbocycles. The van der Waals surface area contributed by atoms with Crippen molar-refractivity contribution in [2.75, 3.05) is 26.3 Å². The van der Waals surface area contributed by atoms with E-state index in [1.165, 1.54) is 4.31 Å². The summed E-state index contributed by atoms with van der Waals surface area (Å²) in [7, 11) is -3.55. The van der Waals surface area contributed by atoms with Gasteiger partial charge >= 0.3 is 0 Å². The van der Waals surface area contributed by atoms with Crippen LogP contribution in [0.15, 0.2) is 23.1 Å². The summed E-state index contributed by atoms with van der Waals surface area (Å²) in [6.07, 6.45) is -0.456. The minimum absolute atomic E-state index is 0.177. The van der Waals surface area contributed by atoms with Crippen LogP contribution in [0.2, 0.25) is 0 Å². The molecule has 0 saturated carbocycles. The number of ether oxygens (including phenoxy) is 1. The Hall–Kier alpha value is -0.990. The molecule has 0 bridgehead atoms. The number of aliphatic hydroxyl groups is 1. The van der Waals surface area contributed by atoms with Crippen molar-refractivity contribution in [2.24, 2.45) is 5.73 Å². The maximum atomic E-state index is 12.6. The highest BCUT2D eigenvalue weighted by Gasteiger charge is 2.30. The van der Waals surface area contributed by atoms with Crippen molar-refractivity contribution in [1.82, 2.24) is 4.31 Å². The van der Waals surface area contributed by atoms with Crippen LogP contribution in [0.5, 0.6) is 0 Å². The third kappa shape index (κ3) is 3.02. The maximum Gasteiger partial charge on any atom is 0.243 e. The number of benzene rings is 1. The molecule has 20 heavy (non-hydrogen) atoms. The van der Waals surface area contributed by atoms with Crippen LogP contribution in [-0.4, -0.2) is 50.2 Å². The molecule has 6 nitrogen and oxygen atoms in total. The number of hydrogen-bond acceptors (Lipinski definition) is 5. The molecule has 0 radical (unpaired) electrons. The number of nitrogens with two attached hydrogens (primary N) is 1. The maximum absolute atomic E-state index is 12.6. The number of sulfonamides is 1. The van der Waals surface area contributed by atoms with E-state index in [4.69, 9.17) is 15.6 Å². The zero-order valence-electron chi connectivity index (χ0n) is 11.4. The third-order valence-electron chi connectivity index (χ3n) is 3.48. The van der Waals surface area contributed by atoms with E-state index < -0.39 is 16.1 Å². The van der Waals surface area contributed by atoms with Crippen LogP contribution in [0, 0.1) is 6.92 Å². The molecule has 0 aliphatic carbocycles. The molecule has 1 saturated heterocycles. The summed E-state index contributed by atoms with van der Waals surface area (Å²) >= 11 is 0. The molecular weight excluding hydrogens is 280 g/mol. The molecule has 0 aromatic heterocycles. The van der Waals surface area contributed by atoms with Gasteiger partial charge in [0.15, 0.2) is 0 Å². The van der Waals surface area contributed by atoms with E-state index in [9.17, 15) is 8.42 Å². The van der Waals surface area contributed by atoms with Gasteiger partial charge in [-0.2, -0.15) is 4.31 Å². The molecule has 0 amide bonds. The summed E-state index contributed by atoms with van der Waals surface area (Å²) in [5.74, 6) is 0.